The van der Waals surface area contributed by atoms with Gasteiger partial charge in [-0.3, -0.25) is 4.68 Å². The Kier molecular flexibility index (Phi) is 2.86. The molecule has 3 nitrogen and oxygen atoms in total. The van der Waals surface area contributed by atoms with Crippen molar-refractivity contribution in [2.75, 3.05) is 0 Å². The van der Waals surface area contributed by atoms with E-state index in [9.17, 15) is 5.11 Å². The van der Waals surface area contributed by atoms with E-state index in [2.05, 4.69) is 5.10 Å². The van der Waals surface area contributed by atoms with Crippen LogP contribution in [0.25, 0.3) is 0 Å². The van der Waals surface area contributed by atoms with Crippen molar-refractivity contribution >= 4 is 11.3 Å². The number of aromatic nitrogens is 2. The summed E-state index contributed by atoms with van der Waals surface area (Å²) in [7, 11) is 1.88. The molecule has 0 saturated carbocycles. The van der Waals surface area contributed by atoms with Gasteiger partial charge in [-0.1, -0.05) is 0 Å². The highest BCUT2D eigenvalue weighted by atomic mass is 32.1. The zero-order chi connectivity index (χ0) is 11.8. The molecule has 0 spiro atoms. The van der Waals surface area contributed by atoms with E-state index in [-0.39, 0.29) is 0 Å². The van der Waals surface area contributed by atoms with Gasteiger partial charge < -0.3 is 5.11 Å². The zero-order valence-electron chi connectivity index (χ0n) is 9.77. The van der Waals surface area contributed by atoms with Gasteiger partial charge >= 0.3 is 0 Å². The van der Waals surface area contributed by atoms with Gasteiger partial charge in [-0.05, 0) is 32.0 Å². The molecule has 0 radical (unpaired) electrons. The largest absolute Gasteiger partial charge is 0.384 e. The van der Waals surface area contributed by atoms with E-state index >= 15 is 0 Å². The van der Waals surface area contributed by atoms with Crippen molar-refractivity contribution in [2.24, 2.45) is 7.05 Å². The normalized spacial score (nSPS) is 15.0. The van der Waals surface area contributed by atoms with E-state index < -0.39 is 5.60 Å². The quantitative estimate of drug-likeness (QED) is 0.887. The summed E-state index contributed by atoms with van der Waals surface area (Å²) in [5.41, 5.74) is 0.0892. The lowest BCUT2D eigenvalue weighted by atomic mass is 9.98. The fraction of sp³-hybridized carbons (Fsp3) is 0.417. The van der Waals surface area contributed by atoms with E-state index in [4.69, 9.17) is 0 Å². The maximum Gasteiger partial charge on any atom is 0.102 e. The van der Waals surface area contributed by atoms with Crippen LogP contribution in [0.3, 0.4) is 0 Å². The first-order chi connectivity index (χ1) is 7.47. The van der Waals surface area contributed by atoms with E-state index in [1.165, 1.54) is 4.88 Å². The van der Waals surface area contributed by atoms with Crippen LogP contribution in [0.15, 0.2) is 24.4 Å². The summed E-state index contributed by atoms with van der Waals surface area (Å²) in [6, 6.07) is 5.96. The Morgan fingerprint density at radius 2 is 2.19 bits per heavy atom. The summed E-state index contributed by atoms with van der Waals surface area (Å²) in [6.07, 6.45) is 2.44. The van der Waals surface area contributed by atoms with Gasteiger partial charge in [0.15, 0.2) is 0 Å². The van der Waals surface area contributed by atoms with E-state index in [1.807, 2.05) is 45.3 Å². The van der Waals surface area contributed by atoms with Crippen LogP contribution < -0.4 is 0 Å². The van der Waals surface area contributed by atoms with Crippen LogP contribution in [0.5, 0.6) is 0 Å². The minimum absolute atomic E-state index is 0.549. The van der Waals surface area contributed by atoms with Crippen LogP contribution in [0.2, 0.25) is 0 Å². The Labute approximate surface area is 99.4 Å². The molecule has 0 fully saturated rings. The van der Waals surface area contributed by atoms with E-state index in [0.717, 1.165) is 10.6 Å². The number of rotatable bonds is 3. The second-order valence-corrected chi connectivity index (χ2v) is 5.63. The molecule has 2 heterocycles. The van der Waals surface area contributed by atoms with Crippen molar-refractivity contribution in [3.8, 4) is 0 Å². The van der Waals surface area contributed by atoms with Crippen LogP contribution in [-0.2, 0) is 19.1 Å². The van der Waals surface area contributed by atoms with Gasteiger partial charge in [0, 0.05) is 29.4 Å². The molecule has 2 rings (SSSR count). The molecule has 86 valence electrons. The monoisotopic (exact) mass is 236 g/mol. The SMILES string of the molecule is Cc1ccc(C(C)(O)Cc2ccn(C)n2)s1. The van der Waals surface area contributed by atoms with Crippen molar-refractivity contribution in [3.05, 3.63) is 39.8 Å². The summed E-state index contributed by atoms with van der Waals surface area (Å²) in [6.45, 7) is 3.89. The lowest BCUT2D eigenvalue weighted by molar-refractivity contribution is 0.0603. The van der Waals surface area contributed by atoms with Gasteiger partial charge in [-0.25, -0.2) is 0 Å². The van der Waals surface area contributed by atoms with Crippen LogP contribution in [0.1, 0.15) is 22.4 Å². The highest BCUT2D eigenvalue weighted by molar-refractivity contribution is 7.12. The molecule has 0 aliphatic carbocycles. The Balaban J connectivity index is 2.19. The fourth-order valence-electron chi connectivity index (χ4n) is 1.72. The van der Waals surface area contributed by atoms with Gasteiger partial charge in [0.1, 0.15) is 5.60 Å². The third-order valence-electron chi connectivity index (χ3n) is 2.57. The van der Waals surface area contributed by atoms with Gasteiger partial charge in [-0.15, -0.1) is 11.3 Å². The predicted molar refractivity (Wildman–Crippen MR) is 65.5 cm³/mol. The zero-order valence-corrected chi connectivity index (χ0v) is 10.6. The summed E-state index contributed by atoms with van der Waals surface area (Å²) in [5.74, 6) is 0. The minimum Gasteiger partial charge on any atom is -0.384 e. The number of hydrogen-bond acceptors (Lipinski definition) is 3. The van der Waals surface area contributed by atoms with Crippen molar-refractivity contribution < 1.29 is 5.11 Å². The van der Waals surface area contributed by atoms with Gasteiger partial charge in [0.2, 0.25) is 0 Å². The van der Waals surface area contributed by atoms with Crippen LogP contribution in [0.4, 0.5) is 0 Å². The first-order valence-electron chi connectivity index (χ1n) is 5.25. The van der Waals surface area contributed by atoms with Crippen LogP contribution >= 0.6 is 11.3 Å². The van der Waals surface area contributed by atoms with Crippen molar-refractivity contribution in [3.63, 3.8) is 0 Å². The average molecular weight is 236 g/mol. The topological polar surface area (TPSA) is 38.0 Å². The molecule has 0 saturated heterocycles. The first kappa shape index (κ1) is 11.4. The van der Waals surface area contributed by atoms with Gasteiger partial charge in [-0.2, -0.15) is 5.10 Å². The lowest BCUT2D eigenvalue weighted by Gasteiger charge is -2.20. The second-order valence-electron chi connectivity index (χ2n) is 4.34. The fourth-order valence-corrected chi connectivity index (χ4v) is 2.63. The molecular weight excluding hydrogens is 220 g/mol. The molecule has 1 atom stereocenters. The molecule has 0 aromatic carbocycles. The molecule has 0 amide bonds. The van der Waals surface area contributed by atoms with E-state index in [1.54, 1.807) is 16.0 Å². The van der Waals surface area contributed by atoms with Crippen LogP contribution in [0, 0.1) is 6.92 Å². The summed E-state index contributed by atoms with van der Waals surface area (Å²) in [4.78, 5) is 2.21. The maximum absolute atomic E-state index is 10.4. The maximum atomic E-state index is 10.4. The molecule has 2 aromatic rings. The lowest BCUT2D eigenvalue weighted by Crippen LogP contribution is -2.23. The predicted octanol–water partition coefficient (Wildman–Crippen LogP) is 2.24. The molecule has 4 heteroatoms. The standard InChI is InChI=1S/C12H16N2OS/c1-9-4-5-11(16-9)12(2,15)8-10-6-7-14(3)13-10/h4-7,15H,8H2,1-3H3. The van der Waals surface area contributed by atoms with Crippen molar-refractivity contribution in [2.45, 2.75) is 25.9 Å². The Bertz CT molecular complexity index is 485. The van der Waals surface area contributed by atoms with Crippen molar-refractivity contribution in [1.29, 1.82) is 0 Å². The molecular formula is C12H16N2OS. The molecule has 0 aliphatic rings. The first-order valence-corrected chi connectivity index (χ1v) is 6.07. The second kappa shape index (κ2) is 4.03. The molecule has 2 aromatic heterocycles. The number of aliphatic hydroxyl groups is 1. The Hall–Kier alpha value is -1.13. The third-order valence-corrected chi connectivity index (χ3v) is 3.82. The minimum atomic E-state index is -0.826. The number of hydrogen-bond donors (Lipinski definition) is 1. The molecule has 1 unspecified atom stereocenters. The third kappa shape index (κ3) is 2.33. The average Bonchev–Trinajstić information content (AvgIpc) is 2.75. The van der Waals surface area contributed by atoms with Gasteiger partial charge in [0.25, 0.3) is 0 Å². The summed E-state index contributed by atoms with van der Waals surface area (Å²) in [5, 5.41) is 14.7. The smallest absolute Gasteiger partial charge is 0.102 e. The van der Waals surface area contributed by atoms with Crippen molar-refractivity contribution in [1.82, 2.24) is 9.78 Å². The summed E-state index contributed by atoms with van der Waals surface area (Å²) < 4.78 is 1.76. The molecule has 0 bridgehead atoms. The molecule has 1 N–H and O–H groups in total. The number of nitrogens with zero attached hydrogens (tertiary/aromatic N) is 2. The Morgan fingerprint density at radius 1 is 1.44 bits per heavy atom. The number of aryl methyl sites for hydroxylation is 2. The molecule has 0 aliphatic heterocycles. The molecule has 16 heavy (non-hydrogen) atoms. The number of thiophene rings is 1. The van der Waals surface area contributed by atoms with Gasteiger partial charge in [0.05, 0.1) is 5.69 Å². The highest BCUT2D eigenvalue weighted by Gasteiger charge is 2.26. The summed E-state index contributed by atoms with van der Waals surface area (Å²) >= 11 is 1.64. The van der Waals surface area contributed by atoms with E-state index in [0.29, 0.717) is 6.42 Å². The van der Waals surface area contributed by atoms with Crippen LogP contribution in [-0.4, -0.2) is 14.9 Å². The highest BCUT2D eigenvalue weighted by Crippen LogP contribution is 2.30. The Morgan fingerprint density at radius 3 is 2.69 bits per heavy atom.